The molecule has 6 rings (SSSR count). The zero-order chi connectivity index (χ0) is 27.0. The van der Waals surface area contributed by atoms with E-state index in [-0.39, 0.29) is 12.5 Å². The van der Waals surface area contributed by atoms with Crippen molar-refractivity contribution in [1.29, 1.82) is 0 Å². The highest BCUT2D eigenvalue weighted by molar-refractivity contribution is 6.08. The molecule has 3 aromatic rings. The van der Waals surface area contributed by atoms with Crippen molar-refractivity contribution in [3.63, 3.8) is 0 Å². The van der Waals surface area contributed by atoms with Gasteiger partial charge in [-0.3, -0.25) is 14.9 Å². The van der Waals surface area contributed by atoms with E-state index in [1.807, 2.05) is 18.2 Å². The van der Waals surface area contributed by atoms with Gasteiger partial charge in [-0.05, 0) is 47.5 Å². The third-order valence-corrected chi connectivity index (χ3v) is 7.20. The minimum absolute atomic E-state index is 0.0342. The van der Waals surface area contributed by atoms with E-state index < -0.39 is 17.5 Å². The van der Waals surface area contributed by atoms with E-state index >= 15 is 0 Å². The molecule has 2 saturated heterocycles. The van der Waals surface area contributed by atoms with Crippen LogP contribution in [-0.4, -0.2) is 67.7 Å². The Labute approximate surface area is 224 Å². The Balaban J connectivity index is 1.20. The van der Waals surface area contributed by atoms with Crippen LogP contribution in [-0.2, 0) is 21.6 Å². The summed E-state index contributed by atoms with van der Waals surface area (Å²) in [6, 6.07) is 15.3. The predicted molar refractivity (Wildman–Crippen MR) is 140 cm³/mol. The van der Waals surface area contributed by atoms with Crippen LogP contribution in [0.2, 0.25) is 0 Å². The van der Waals surface area contributed by atoms with E-state index in [2.05, 4.69) is 20.5 Å². The summed E-state index contributed by atoms with van der Waals surface area (Å²) in [4.78, 5) is 46.8. The van der Waals surface area contributed by atoms with E-state index in [0.29, 0.717) is 48.1 Å². The van der Waals surface area contributed by atoms with Crippen molar-refractivity contribution >= 4 is 23.7 Å². The summed E-state index contributed by atoms with van der Waals surface area (Å²) in [5, 5.41) is 5.08. The molecule has 2 fully saturated rings. The van der Waals surface area contributed by atoms with E-state index in [9.17, 15) is 14.4 Å². The third kappa shape index (κ3) is 4.61. The normalized spacial score (nSPS) is 20.5. The number of carbonyl (C=O) groups is 3. The Morgan fingerprint density at radius 3 is 2.38 bits per heavy atom. The fourth-order valence-corrected chi connectivity index (χ4v) is 5.13. The van der Waals surface area contributed by atoms with Gasteiger partial charge in [-0.1, -0.05) is 18.2 Å². The van der Waals surface area contributed by atoms with Gasteiger partial charge in [-0.2, -0.15) is 0 Å². The Morgan fingerprint density at radius 2 is 1.72 bits per heavy atom. The summed E-state index contributed by atoms with van der Waals surface area (Å²) in [5.41, 5.74) is 0.433. The fraction of sp³-hybridized carbons (Fsp3) is 0.286. The number of aromatic nitrogens is 1. The van der Waals surface area contributed by atoms with Gasteiger partial charge in [0.1, 0.15) is 23.1 Å². The van der Waals surface area contributed by atoms with Gasteiger partial charge in [0.25, 0.3) is 11.8 Å². The largest absolute Gasteiger partial charge is 0.497 e. The smallest absolute Gasteiger partial charge is 0.322 e. The Bertz CT molecular complexity index is 1420. The van der Waals surface area contributed by atoms with Gasteiger partial charge in [0.2, 0.25) is 0 Å². The van der Waals surface area contributed by atoms with Crippen LogP contribution in [0.1, 0.15) is 21.5 Å². The van der Waals surface area contributed by atoms with Gasteiger partial charge in [0.05, 0.1) is 33.1 Å². The highest BCUT2D eigenvalue weighted by Crippen LogP contribution is 2.33. The molecule has 0 radical (unpaired) electrons. The standard InChI is InChI=1S/C28H27N5O6/c1-37-21-5-2-18-16-33(25(34)23(18)14-21)17-28(26(35)30-27(36)31-28)19-3-6-20(7-4-19)39-22-8-9-24(29-15-22)32-10-12-38-13-11-32/h2-9,14-15H,10-13,16-17H2,1H3,(H2,30,31,35,36)/t28-/m0/s1. The number of amides is 4. The van der Waals surface area contributed by atoms with Crippen LogP contribution in [0.15, 0.2) is 60.8 Å². The van der Waals surface area contributed by atoms with Gasteiger partial charge in [0.15, 0.2) is 5.54 Å². The minimum atomic E-state index is -1.45. The number of hydrogen-bond acceptors (Lipinski definition) is 8. The van der Waals surface area contributed by atoms with Crippen LogP contribution in [0.4, 0.5) is 10.6 Å². The number of morpholine rings is 1. The third-order valence-electron chi connectivity index (χ3n) is 7.20. The van der Waals surface area contributed by atoms with Crippen molar-refractivity contribution in [2.75, 3.05) is 44.9 Å². The lowest BCUT2D eigenvalue weighted by Gasteiger charge is -2.31. The average molecular weight is 530 g/mol. The van der Waals surface area contributed by atoms with Crippen LogP contribution in [0.5, 0.6) is 17.2 Å². The quantitative estimate of drug-likeness (QED) is 0.448. The number of rotatable bonds is 7. The molecule has 11 heteroatoms. The lowest BCUT2D eigenvalue weighted by atomic mass is 9.89. The number of anilines is 1. The highest BCUT2D eigenvalue weighted by atomic mass is 16.5. The number of urea groups is 1. The number of methoxy groups -OCH3 is 1. The van der Waals surface area contributed by atoms with Crippen LogP contribution in [0, 0.1) is 0 Å². The Morgan fingerprint density at radius 1 is 0.974 bits per heavy atom. The fourth-order valence-electron chi connectivity index (χ4n) is 5.13. The van der Waals surface area contributed by atoms with Crippen molar-refractivity contribution in [3.8, 4) is 17.2 Å². The van der Waals surface area contributed by atoms with E-state index in [0.717, 1.165) is 24.5 Å². The first kappa shape index (κ1) is 24.7. The second kappa shape index (κ2) is 9.91. The molecule has 4 heterocycles. The molecule has 2 aromatic carbocycles. The summed E-state index contributed by atoms with van der Waals surface area (Å²) < 4.78 is 16.6. The molecule has 3 aliphatic rings. The van der Waals surface area contributed by atoms with Gasteiger partial charge < -0.3 is 29.3 Å². The molecular formula is C28H27N5O6. The molecule has 2 N–H and O–H groups in total. The molecule has 0 spiro atoms. The lowest BCUT2D eigenvalue weighted by molar-refractivity contribution is -0.124. The van der Waals surface area contributed by atoms with Crippen molar-refractivity contribution < 1.29 is 28.6 Å². The summed E-state index contributed by atoms with van der Waals surface area (Å²) in [6.07, 6.45) is 1.66. The predicted octanol–water partition coefficient (Wildman–Crippen LogP) is 2.41. The number of pyridine rings is 1. The number of nitrogens with zero attached hydrogens (tertiary/aromatic N) is 3. The van der Waals surface area contributed by atoms with Crippen molar-refractivity contribution in [1.82, 2.24) is 20.5 Å². The monoisotopic (exact) mass is 529 g/mol. The minimum Gasteiger partial charge on any atom is -0.497 e. The maximum Gasteiger partial charge on any atom is 0.322 e. The van der Waals surface area contributed by atoms with Gasteiger partial charge in [-0.15, -0.1) is 0 Å². The number of imide groups is 1. The van der Waals surface area contributed by atoms with E-state index in [1.54, 1.807) is 47.5 Å². The van der Waals surface area contributed by atoms with Crippen LogP contribution < -0.4 is 25.0 Å². The van der Waals surface area contributed by atoms with Gasteiger partial charge in [0, 0.05) is 25.2 Å². The molecule has 0 bridgehead atoms. The number of carbonyl (C=O) groups excluding carboxylic acids is 3. The number of benzene rings is 2. The van der Waals surface area contributed by atoms with Crippen molar-refractivity contribution in [3.05, 3.63) is 77.5 Å². The Hall–Kier alpha value is -4.64. The first-order valence-electron chi connectivity index (χ1n) is 12.6. The number of nitrogens with one attached hydrogen (secondary N) is 2. The molecule has 0 saturated carbocycles. The summed E-state index contributed by atoms with van der Waals surface area (Å²) in [7, 11) is 1.54. The number of hydrogen-bond donors (Lipinski definition) is 2. The van der Waals surface area contributed by atoms with Crippen LogP contribution in [0.25, 0.3) is 0 Å². The summed E-state index contributed by atoms with van der Waals surface area (Å²) >= 11 is 0. The van der Waals surface area contributed by atoms with E-state index in [4.69, 9.17) is 14.2 Å². The topological polar surface area (TPSA) is 122 Å². The Kier molecular flexibility index (Phi) is 6.27. The maximum atomic E-state index is 13.2. The van der Waals surface area contributed by atoms with E-state index in [1.165, 1.54) is 7.11 Å². The molecule has 0 aliphatic carbocycles. The SMILES string of the molecule is COc1ccc2c(c1)C(=O)N(C[C@@]1(c3ccc(Oc4ccc(N5CCOCC5)nc4)cc3)NC(=O)NC1=O)C2. The zero-order valence-electron chi connectivity index (χ0n) is 21.3. The number of fused-ring (bicyclic) bond motifs is 1. The van der Waals surface area contributed by atoms with Gasteiger partial charge >= 0.3 is 6.03 Å². The van der Waals surface area contributed by atoms with Crippen LogP contribution in [0.3, 0.4) is 0 Å². The molecule has 0 unspecified atom stereocenters. The molecule has 4 amide bonds. The number of ether oxygens (including phenoxy) is 3. The molecule has 3 aliphatic heterocycles. The molecule has 200 valence electrons. The average Bonchev–Trinajstić information content (AvgIpc) is 3.43. The molecule has 1 atom stereocenters. The van der Waals surface area contributed by atoms with Crippen molar-refractivity contribution in [2.24, 2.45) is 0 Å². The zero-order valence-corrected chi connectivity index (χ0v) is 21.3. The first-order valence-corrected chi connectivity index (χ1v) is 12.6. The first-order chi connectivity index (χ1) is 18.9. The maximum absolute atomic E-state index is 13.2. The second-order valence-electron chi connectivity index (χ2n) is 9.58. The summed E-state index contributed by atoms with van der Waals surface area (Å²) in [5.74, 6) is 1.79. The molecular weight excluding hydrogens is 502 g/mol. The summed E-state index contributed by atoms with van der Waals surface area (Å²) in [6.45, 7) is 3.23. The van der Waals surface area contributed by atoms with Crippen LogP contribution >= 0.6 is 0 Å². The van der Waals surface area contributed by atoms with Gasteiger partial charge in [-0.25, -0.2) is 9.78 Å². The molecule has 1 aromatic heterocycles. The highest BCUT2D eigenvalue weighted by Gasteiger charge is 2.50. The van der Waals surface area contributed by atoms with Crippen molar-refractivity contribution in [2.45, 2.75) is 12.1 Å². The lowest BCUT2D eigenvalue weighted by Crippen LogP contribution is -2.52. The molecule has 39 heavy (non-hydrogen) atoms. The second-order valence-corrected chi connectivity index (χ2v) is 9.58. The molecule has 11 nitrogen and oxygen atoms in total.